The predicted molar refractivity (Wildman–Crippen MR) is 81.0 cm³/mol. The molecule has 0 saturated heterocycles. The third-order valence-electron chi connectivity index (χ3n) is 3.15. The summed E-state index contributed by atoms with van der Waals surface area (Å²) in [7, 11) is 0. The number of halogens is 1. The second-order valence-electron chi connectivity index (χ2n) is 4.88. The van der Waals surface area contributed by atoms with Crippen molar-refractivity contribution in [1.29, 1.82) is 0 Å². The van der Waals surface area contributed by atoms with Crippen LogP contribution in [0, 0.1) is 5.92 Å². The molecule has 6 heteroatoms. The molecule has 0 aliphatic rings. The molecule has 0 fully saturated rings. The molecule has 21 heavy (non-hydrogen) atoms. The van der Waals surface area contributed by atoms with E-state index in [0.29, 0.717) is 22.9 Å². The van der Waals surface area contributed by atoms with E-state index in [1.165, 1.54) is 6.07 Å². The Hall–Kier alpha value is -1.75. The van der Waals surface area contributed by atoms with E-state index in [4.69, 9.17) is 21.4 Å². The third kappa shape index (κ3) is 4.93. The van der Waals surface area contributed by atoms with Gasteiger partial charge in [0.05, 0.1) is 18.1 Å². The molecule has 0 aliphatic carbocycles. The summed E-state index contributed by atoms with van der Waals surface area (Å²) in [6.45, 7) is 5.64. The van der Waals surface area contributed by atoms with Gasteiger partial charge in [-0.05, 0) is 38.5 Å². The van der Waals surface area contributed by atoms with Gasteiger partial charge in [0, 0.05) is 11.1 Å². The Morgan fingerprint density at radius 3 is 2.62 bits per heavy atom. The number of aliphatic carboxylic acids is 1. The lowest BCUT2D eigenvalue weighted by atomic mass is 10.0. The molecule has 0 aliphatic heterocycles. The lowest BCUT2D eigenvalue weighted by molar-refractivity contribution is -0.141. The number of carbonyl (C=O) groups is 2. The zero-order chi connectivity index (χ0) is 16.0. The van der Waals surface area contributed by atoms with Crippen molar-refractivity contribution in [2.75, 3.05) is 6.61 Å². The van der Waals surface area contributed by atoms with E-state index < -0.39 is 23.8 Å². The van der Waals surface area contributed by atoms with Gasteiger partial charge in [0.25, 0.3) is 5.91 Å². The number of hydrogen-bond donors (Lipinski definition) is 2. The summed E-state index contributed by atoms with van der Waals surface area (Å²) in [6, 6.07) is 4.29. The molecule has 1 aromatic rings. The van der Waals surface area contributed by atoms with Crippen LogP contribution < -0.4 is 10.1 Å². The lowest BCUT2D eigenvalue weighted by Crippen LogP contribution is -2.40. The van der Waals surface area contributed by atoms with Crippen molar-refractivity contribution in [3.63, 3.8) is 0 Å². The summed E-state index contributed by atoms with van der Waals surface area (Å²) in [6.07, 6.45) is 0.816. The van der Waals surface area contributed by atoms with Gasteiger partial charge < -0.3 is 15.2 Å². The van der Waals surface area contributed by atoms with Gasteiger partial charge in [-0.3, -0.25) is 9.59 Å². The van der Waals surface area contributed by atoms with Crippen LogP contribution in [0.4, 0.5) is 0 Å². The summed E-state index contributed by atoms with van der Waals surface area (Å²) in [5, 5.41) is 12.0. The van der Waals surface area contributed by atoms with Crippen LogP contribution in [0.5, 0.6) is 5.75 Å². The Labute approximate surface area is 129 Å². The summed E-state index contributed by atoms with van der Waals surface area (Å²) in [4.78, 5) is 23.2. The molecule has 2 atom stereocenters. The van der Waals surface area contributed by atoms with Crippen LogP contribution in [-0.4, -0.2) is 29.6 Å². The Bertz CT molecular complexity index is 518. The molecular formula is C15H20ClNO4. The molecule has 0 bridgehead atoms. The molecule has 116 valence electrons. The fourth-order valence-corrected chi connectivity index (χ4v) is 1.81. The van der Waals surface area contributed by atoms with Crippen molar-refractivity contribution in [1.82, 2.24) is 5.32 Å². The number of amides is 1. The Kier molecular flexibility index (Phi) is 6.49. The smallest absolute Gasteiger partial charge is 0.308 e. The van der Waals surface area contributed by atoms with Crippen LogP contribution in [0.15, 0.2) is 18.2 Å². The van der Waals surface area contributed by atoms with Gasteiger partial charge >= 0.3 is 5.97 Å². The number of carbonyl (C=O) groups excluding carboxylic acids is 1. The molecule has 1 amide bonds. The van der Waals surface area contributed by atoms with E-state index in [0.717, 1.165) is 6.42 Å². The maximum atomic E-state index is 12.3. The molecule has 2 unspecified atom stereocenters. The topological polar surface area (TPSA) is 75.6 Å². The second-order valence-corrected chi connectivity index (χ2v) is 5.31. The first kappa shape index (κ1) is 17.3. The minimum Gasteiger partial charge on any atom is -0.493 e. The van der Waals surface area contributed by atoms with Gasteiger partial charge in [-0.1, -0.05) is 18.5 Å². The molecule has 1 aromatic carbocycles. The molecule has 0 saturated carbocycles. The third-order valence-corrected chi connectivity index (χ3v) is 3.38. The van der Waals surface area contributed by atoms with E-state index in [9.17, 15) is 9.59 Å². The largest absolute Gasteiger partial charge is 0.493 e. The van der Waals surface area contributed by atoms with E-state index in [1.807, 2.05) is 6.92 Å². The summed E-state index contributed by atoms with van der Waals surface area (Å²) in [5.41, 5.74) is 0.306. The van der Waals surface area contributed by atoms with E-state index >= 15 is 0 Å². The highest BCUT2D eigenvalue weighted by Gasteiger charge is 2.23. The quantitative estimate of drug-likeness (QED) is 0.811. The number of ether oxygens (including phenoxy) is 1. The SMILES string of the molecule is CCCOc1ccc(Cl)cc1C(=O)NC(C)C(C)C(=O)O. The van der Waals surface area contributed by atoms with Gasteiger partial charge in [0.1, 0.15) is 5.75 Å². The summed E-state index contributed by atoms with van der Waals surface area (Å²) < 4.78 is 5.52. The van der Waals surface area contributed by atoms with E-state index in [-0.39, 0.29) is 0 Å². The second kappa shape index (κ2) is 7.88. The highest BCUT2D eigenvalue weighted by molar-refractivity contribution is 6.31. The van der Waals surface area contributed by atoms with Crippen LogP contribution in [0.2, 0.25) is 5.02 Å². The van der Waals surface area contributed by atoms with Crippen molar-refractivity contribution in [2.45, 2.75) is 33.2 Å². The van der Waals surface area contributed by atoms with Gasteiger partial charge in [0.15, 0.2) is 0 Å². The number of hydrogen-bond acceptors (Lipinski definition) is 3. The lowest BCUT2D eigenvalue weighted by Gasteiger charge is -2.19. The fourth-order valence-electron chi connectivity index (χ4n) is 1.64. The number of carboxylic acids is 1. The number of rotatable bonds is 7. The van der Waals surface area contributed by atoms with Crippen LogP contribution in [0.1, 0.15) is 37.6 Å². The Morgan fingerprint density at radius 2 is 2.05 bits per heavy atom. The van der Waals surface area contributed by atoms with Crippen molar-refractivity contribution in [3.8, 4) is 5.75 Å². The van der Waals surface area contributed by atoms with E-state index in [2.05, 4.69) is 5.32 Å². The molecule has 2 N–H and O–H groups in total. The fraction of sp³-hybridized carbons (Fsp3) is 0.467. The summed E-state index contributed by atoms with van der Waals surface area (Å²) >= 11 is 5.91. The molecule has 0 aromatic heterocycles. The Morgan fingerprint density at radius 1 is 1.38 bits per heavy atom. The van der Waals surface area contributed by atoms with Crippen LogP contribution in [0.25, 0.3) is 0 Å². The van der Waals surface area contributed by atoms with Crippen molar-refractivity contribution in [2.24, 2.45) is 5.92 Å². The molecule has 1 rings (SSSR count). The average Bonchev–Trinajstić information content (AvgIpc) is 2.44. The first-order valence-electron chi connectivity index (χ1n) is 6.82. The number of benzene rings is 1. The highest BCUT2D eigenvalue weighted by Crippen LogP contribution is 2.23. The molecule has 0 spiro atoms. The van der Waals surface area contributed by atoms with Crippen molar-refractivity contribution in [3.05, 3.63) is 28.8 Å². The van der Waals surface area contributed by atoms with Crippen LogP contribution in [-0.2, 0) is 4.79 Å². The minimum absolute atomic E-state index is 0.306. The number of nitrogens with one attached hydrogen (secondary N) is 1. The Balaban J connectivity index is 2.90. The molecule has 5 nitrogen and oxygen atoms in total. The summed E-state index contributed by atoms with van der Waals surface area (Å²) in [5.74, 6) is -1.61. The van der Waals surface area contributed by atoms with Crippen LogP contribution in [0.3, 0.4) is 0 Å². The normalized spacial score (nSPS) is 13.3. The average molecular weight is 314 g/mol. The number of carboxylic acid groups (broad SMARTS) is 1. The standard InChI is InChI=1S/C15H20ClNO4/c1-4-7-21-13-6-5-11(16)8-12(13)14(18)17-10(3)9(2)15(19)20/h5-6,8-10H,4,7H2,1-3H3,(H,17,18)(H,19,20). The maximum Gasteiger partial charge on any atom is 0.308 e. The first-order valence-corrected chi connectivity index (χ1v) is 7.20. The van der Waals surface area contributed by atoms with Crippen LogP contribution >= 0.6 is 11.6 Å². The molecular weight excluding hydrogens is 294 g/mol. The zero-order valence-corrected chi connectivity index (χ0v) is 13.1. The zero-order valence-electron chi connectivity index (χ0n) is 12.4. The van der Waals surface area contributed by atoms with E-state index in [1.54, 1.807) is 26.0 Å². The minimum atomic E-state index is -0.962. The first-order chi connectivity index (χ1) is 9.86. The van der Waals surface area contributed by atoms with Gasteiger partial charge in [-0.15, -0.1) is 0 Å². The molecule has 0 heterocycles. The highest BCUT2D eigenvalue weighted by atomic mass is 35.5. The van der Waals surface area contributed by atoms with Gasteiger partial charge in [-0.25, -0.2) is 0 Å². The predicted octanol–water partition coefficient (Wildman–Crippen LogP) is 2.97. The van der Waals surface area contributed by atoms with Crippen molar-refractivity contribution >= 4 is 23.5 Å². The maximum absolute atomic E-state index is 12.3. The monoisotopic (exact) mass is 313 g/mol. The van der Waals surface area contributed by atoms with Gasteiger partial charge in [-0.2, -0.15) is 0 Å². The van der Waals surface area contributed by atoms with Gasteiger partial charge in [0.2, 0.25) is 0 Å². The molecule has 0 radical (unpaired) electrons. The van der Waals surface area contributed by atoms with Crippen molar-refractivity contribution < 1.29 is 19.4 Å².